The normalized spacial score (nSPS) is 10.1. The van der Waals surface area contributed by atoms with Gasteiger partial charge in [-0.1, -0.05) is 11.6 Å². The third-order valence-electron chi connectivity index (χ3n) is 2.51. The Morgan fingerprint density at radius 2 is 1.85 bits per heavy atom. The molecule has 0 spiro atoms. The van der Waals surface area contributed by atoms with E-state index in [-0.39, 0.29) is 16.3 Å². The summed E-state index contributed by atoms with van der Waals surface area (Å²) in [6.45, 7) is 0. The monoisotopic (exact) mass is 294 g/mol. The molecule has 0 heterocycles. The van der Waals surface area contributed by atoms with Gasteiger partial charge in [0, 0.05) is 17.3 Å². The minimum Gasteiger partial charge on any atom is -0.322 e. The van der Waals surface area contributed by atoms with Gasteiger partial charge in [-0.05, 0) is 36.4 Å². The Balaban J connectivity index is 2.18. The van der Waals surface area contributed by atoms with Crippen molar-refractivity contribution in [3.8, 4) is 0 Å². The van der Waals surface area contributed by atoms with E-state index in [1.165, 1.54) is 30.3 Å². The van der Waals surface area contributed by atoms with E-state index in [1.54, 1.807) is 0 Å². The zero-order chi connectivity index (χ0) is 14.7. The summed E-state index contributed by atoms with van der Waals surface area (Å²) in [7, 11) is 0. The third kappa shape index (κ3) is 3.10. The average Bonchev–Trinajstić information content (AvgIpc) is 2.39. The maximum Gasteiger partial charge on any atom is 0.288 e. The first-order valence-electron chi connectivity index (χ1n) is 5.48. The highest BCUT2D eigenvalue weighted by Gasteiger charge is 2.13. The van der Waals surface area contributed by atoms with Gasteiger partial charge in [0.2, 0.25) is 0 Å². The number of hydrogen-bond donors (Lipinski definition) is 1. The molecular formula is C13H8ClFN2O3. The summed E-state index contributed by atoms with van der Waals surface area (Å²) in [6, 6.07) is 8.83. The van der Waals surface area contributed by atoms with Crippen molar-refractivity contribution in [2.24, 2.45) is 0 Å². The lowest BCUT2D eigenvalue weighted by Crippen LogP contribution is -2.11. The van der Waals surface area contributed by atoms with Crippen molar-refractivity contribution in [1.82, 2.24) is 0 Å². The second kappa shape index (κ2) is 5.66. The van der Waals surface area contributed by atoms with Crippen LogP contribution in [0.4, 0.5) is 15.8 Å². The first-order valence-corrected chi connectivity index (χ1v) is 5.86. The molecule has 2 aromatic rings. The summed E-state index contributed by atoms with van der Waals surface area (Å²) < 4.78 is 12.7. The number of rotatable bonds is 3. The predicted octanol–water partition coefficient (Wildman–Crippen LogP) is 3.64. The first-order chi connectivity index (χ1) is 9.47. The minimum atomic E-state index is -0.617. The standard InChI is InChI=1S/C13H8ClFN2O3/c14-11-7-10(5-6-12(11)17(19)20)16-13(18)8-1-3-9(15)4-2-8/h1-7H,(H,16,18). The molecule has 2 rings (SSSR count). The number of amides is 1. The molecular weight excluding hydrogens is 287 g/mol. The van der Waals surface area contributed by atoms with E-state index in [4.69, 9.17) is 11.6 Å². The van der Waals surface area contributed by atoms with Crippen molar-refractivity contribution in [2.75, 3.05) is 5.32 Å². The van der Waals surface area contributed by atoms with Crippen LogP contribution in [0.1, 0.15) is 10.4 Å². The number of carbonyl (C=O) groups is 1. The first kappa shape index (κ1) is 14.0. The molecule has 20 heavy (non-hydrogen) atoms. The van der Waals surface area contributed by atoms with E-state index in [0.717, 1.165) is 12.1 Å². The van der Waals surface area contributed by atoms with Crippen LogP contribution in [0.2, 0.25) is 5.02 Å². The number of anilines is 1. The number of halogens is 2. The van der Waals surface area contributed by atoms with Gasteiger partial charge in [-0.25, -0.2) is 4.39 Å². The maximum atomic E-state index is 12.7. The molecule has 0 bridgehead atoms. The topological polar surface area (TPSA) is 72.2 Å². The van der Waals surface area contributed by atoms with Gasteiger partial charge in [0.05, 0.1) is 4.92 Å². The lowest BCUT2D eigenvalue weighted by atomic mass is 10.2. The summed E-state index contributed by atoms with van der Waals surface area (Å²) in [5, 5.41) is 13.0. The van der Waals surface area contributed by atoms with Crippen LogP contribution in [0.15, 0.2) is 42.5 Å². The van der Waals surface area contributed by atoms with Gasteiger partial charge in [-0.3, -0.25) is 14.9 Å². The Labute approximate surface area is 118 Å². The van der Waals surface area contributed by atoms with Crippen LogP contribution in [0.5, 0.6) is 0 Å². The molecule has 1 N–H and O–H groups in total. The molecule has 0 aliphatic rings. The molecule has 0 saturated carbocycles. The molecule has 0 unspecified atom stereocenters. The Morgan fingerprint density at radius 3 is 2.40 bits per heavy atom. The number of nitro benzene ring substituents is 1. The highest BCUT2D eigenvalue weighted by molar-refractivity contribution is 6.33. The Morgan fingerprint density at radius 1 is 1.20 bits per heavy atom. The fraction of sp³-hybridized carbons (Fsp3) is 0. The third-order valence-corrected chi connectivity index (χ3v) is 2.81. The molecule has 1 amide bonds. The van der Waals surface area contributed by atoms with E-state index in [9.17, 15) is 19.3 Å². The van der Waals surface area contributed by atoms with Crippen molar-refractivity contribution in [2.45, 2.75) is 0 Å². The van der Waals surface area contributed by atoms with Crippen molar-refractivity contribution in [3.05, 3.63) is 69.0 Å². The number of benzene rings is 2. The fourth-order valence-corrected chi connectivity index (χ4v) is 1.79. The number of nitrogens with zero attached hydrogens (tertiary/aromatic N) is 1. The fourth-order valence-electron chi connectivity index (χ4n) is 1.54. The smallest absolute Gasteiger partial charge is 0.288 e. The van der Waals surface area contributed by atoms with Crippen LogP contribution in [0, 0.1) is 15.9 Å². The molecule has 0 aromatic heterocycles. The van der Waals surface area contributed by atoms with Crippen molar-refractivity contribution in [1.29, 1.82) is 0 Å². The van der Waals surface area contributed by atoms with Gasteiger partial charge >= 0.3 is 0 Å². The van der Waals surface area contributed by atoms with Gasteiger partial charge in [-0.15, -0.1) is 0 Å². The molecule has 0 saturated heterocycles. The van der Waals surface area contributed by atoms with E-state index in [2.05, 4.69) is 5.32 Å². The molecule has 0 atom stereocenters. The summed E-state index contributed by atoms with van der Waals surface area (Å²) >= 11 is 5.73. The molecule has 102 valence electrons. The molecule has 0 aliphatic carbocycles. The van der Waals surface area contributed by atoms with Crippen molar-refractivity contribution < 1.29 is 14.1 Å². The Hall–Kier alpha value is -2.47. The lowest BCUT2D eigenvalue weighted by molar-refractivity contribution is -0.384. The SMILES string of the molecule is O=C(Nc1ccc([N+](=O)[O-])c(Cl)c1)c1ccc(F)cc1. The zero-order valence-corrected chi connectivity index (χ0v) is 10.7. The minimum absolute atomic E-state index is 0.0769. The van der Waals surface area contributed by atoms with Crippen LogP contribution < -0.4 is 5.32 Å². The summed E-state index contributed by atoms with van der Waals surface area (Å²) in [5.74, 6) is -0.908. The zero-order valence-electron chi connectivity index (χ0n) is 9.97. The van der Waals surface area contributed by atoms with E-state index in [0.29, 0.717) is 5.69 Å². The maximum absolute atomic E-state index is 12.7. The van der Waals surface area contributed by atoms with Gasteiger partial charge in [0.15, 0.2) is 0 Å². The van der Waals surface area contributed by atoms with Crippen LogP contribution in [0.3, 0.4) is 0 Å². The van der Waals surface area contributed by atoms with E-state index in [1.807, 2.05) is 0 Å². The molecule has 0 radical (unpaired) electrons. The van der Waals surface area contributed by atoms with Gasteiger partial charge in [0.1, 0.15) is 10.8 Å². The summed E-state index contributed by atoms with van der Waals surface area (Å²) in [4.78, 5) is 21.8. The highest BCUT2D eigenvalue weighted by atomic mass is 35.5. The Bertz CT molecular complexity index is 674. The summed E-state index contributed by atoms with van der Waals surface area (Å²) in [5.41, 5.74) is 0.335. The van der Waals surface area contributed by atoms with E-state index < -0.39 is 16.6 Å². The molecule has 7 heteroatoms. The summed E-state index contributed by atoms with van der Waals surface area (Å²) in [6.07, 6.45) is 0. The molecule has 0 fully saturated rings. The van der Waals surface area contributed by atoms with Gasteiger partial charge < -0.3 is 5.32 Å². The second-order valence-corrected chi connectivity index (χ2v) is 4.29. The van der Waals surface area contributed by atoms with Crippen LogP contribution in [-0.4, -0.2) is 10.8 Å². The molecule has 2 aromatic carbocycles. The Kier molecular flexibility index (Phi) is 3.95. The van der Waals surface area contributed by atoms with Crippen LogP contribution >= 0.6 is 11.6 Å². The number of nitro groups is 1. The average molecular weight is 295 g/mol. The number of hydrogen-bond acceptors (Lipinski definition) is 3. The van der Waals surface area contributed by atoms with E-state index >= 15 is 0 Å². The largest absolute Gasteiger partial charge is 0.322 e. The molecule has 0 aliphatic heterocycles. The van der Waals surface area contributed by atoms with Crippen molar-refractivity contribution in [3.63, 3.8) is 0 Å². The van der Waals surface area contributed by atoms with Crippen molar-refractivity contribution >= 4 is 28.9 Å². The van der Waals surface area contributed by atoms with Crippen LogP contribution in [-0.2, 0) is 0 Å². The molecule has 5 nitrogen and oxygen atoms in total. The lowest BCUT2D eigenvalue weighted by Gasteiger charge is -2.05. The van der Waals surface area contributed by atoms with Crippen LogP contribution in [0.25, 0.3) is 0 Å². The van der Waals surface area contributed by atoms with Gasteiger partial charge in [-0.2, -0.15) is 0 Å². The van der Waals surface area contributed by atoms with Gasteiger partial charge in [0.25, 0.3) is 11.6 Å². The highest BCUT2D eigenvalue weighted by Crippen LogP contribution is 2.27. The second-order valence-electron chi connectivity index (χ2n) is 3.88. The quantitative estimate of drug-likeness (QED) is 0.694. The predicted molar refractivity (Wildman–Crippen MR) is 72.5 cm³/mol. The number of carbonyl (C=O) groups excluding carboxylic acids is 1. The number of nitrogens with one attached hydrogen (secondary N) is 1.